The van der Waals surface area contributed by atoms with Gasteiger partial charge in [0.25, 0.3) is 0 Å². The Morgan fingerprint density at radius 2 is 1.76 bits per heavy atom. The van der Waals surface area contributed by atoms with Crippen LogP contribution in [0.3, 0.4) is 0 Å². The number of alkyl halides is 3. The van der Waals surface area contributed by atoms with E-state index >= 15 is 0 Å². The van der Waals surface area contributed by atoms with Gasteiger partial charge >= 0.3 is 11.9 Å². The van der Waals surface area contributed by atoms with Gasteiger partial charge in [-0.2, -0.15) is 13.2 Å². The maximum Gasteiger partial charge on any atom is 0.416 e. The minimum Gasteiger partial charge on any atom is -0.333 e. The number of hydrogen-bond donors (Lipinski definition) is 3. The maximum absolute atomic E-state index is 12.9. The largest absolute Gasteiger partial charge is 0.416 e. The van der Waals surface area contributed by atoms with Crippen molar-refractivity contribution in [3.05, 3.63) is 64.1 Å². The first-order valence-corrected chi connectivity index (χ1v) is 10.3. The summed E-state index contributed by atoms with van der Waals surface area (Å²) in [5.41, 5.74) is 1.18. The average molecular weight is 461 g/mol. The van der Waals surface area contributed by atoms with Crippen LogP contribution in [0.5, 0.6) is 0 Å². The lowest BCUT2D eigenvalue weighted by molar-refractivity contribution is -0.138. The number of piperazine rings is 1. The molecule has 1 aromatic heterocycles. The Morgan fingerprint density at radius 1 is 1.06 bits per heavy atom. The molecular formula is C22H22F3N5O3. The molecule has 1 atom stereocenters. The van der Waals surface area contributed by atoms with E-state index < -0.39 is 17.8 Å². The lowest BCUT2D eigenvalue weighted by Crippen LogP contribution is -2.51. The topological polar surface area (TPSA) is 101 Å². The van der Waals surface area contributed by atoms with Crippen LogP contribution in [-0.2, 0) is 15.8 Å². The van der Waals surface area contributed by atoms with Crippen molar-refractivity contribution in [2.24, 2.45) is 0 Å². The molecular weight excluding hydrogens is 439 g/mol. The predicted octanol–water partition coefficient (Wildman–Crippen LogP) is 2.72. The molecule has 2 amide bonds. The van der Waals surface area contributed by atoms with Crippen molar-refractivity contribution < 1.29 is 22.8 Å². The Morgan fingerprint density at radius 3 is 2.42 bits per heavy atom. The van der Waals surface area contributed by atoms with Gasteiger partial charge in [0.05, 0.1) is 29.2 Å². The van der Waals surface area contributed by atoms with Gasteiger partial charge in [-0.15, -0.1) is 0 Å². The number of fused-ring (bicyclic) bond motifs is 1. The van der Waals surface area contributed by atoms with Crippen LogP contribution in [0.4, 0.5) is 18.9 Å². The van der Waals surface area contributed by atoms with Crippen LogP contribution in [-0.4, -0.2) is 57.8 Å². The summed E-state index contributed by atoms with van der Waals surface area (Å²) in [7, 11) is 0. The van der Waals surface area contributed by atoms with E-state index in [1.165, 1.54) is 19.1 Å². The van der Waals surface area contributed by atoms with Crippen LogP contribution in [0, 0.1) is 0 Å². The van der Waals surface area contributed by atoms with Gasteiger partial charge in [-0.25, -0.2) is 4.79 Å². The fourth-order valence-corrected chi connectivity index (χ4v) is 4.05. The van der Waals surface area contributed by atoms with Gasteiger partial charge in [0.2, 0.25) is 11.8 Å². The lowest BCUT2D eigenvalue weighted by atomic mass is 10.0. The molecule has 174 valence electrons. The van der Waals surface area contributed by atoms with E-state index in [2.05, 4.69) is 15.3 Å². The number of imidazole rings is 1. The molecule has 2 heterocycles. The van der Waals surface area contributed by atoms with Crippen molar-refractivity contribution in [3.63, 3.8) is 0 Å². The van der Waals surface area contributed by atoms with Crippen LogP contribution >= 0.6 is 0 Å². The summed E-state index contributed by atoms with van der Waals surface area (Å²) >= 11 is 0. The van der Waals surface area contributed by atoms with Crippen molar-refractivity contribution in [2.45, 2.75) is 19.1 Å². The molecule has 11 heteroatoms. The number of halogens is 3. The van der Waals surface area contributed by atoms with E-state index in [0.717, 1.165) is 12.1 Å². The highest BCUT2D eigenvalue weighted by Crippen LogP contribution is 2.32. The van der Waals surface area contributed by atoms with E-state index in [0.29, 0.717) is 41.9 Å². The van der Waals surface area contributed by atoms with E-state index in [1.54, 1.807) is 23.1 Å². The number of H-pyrrole nitrogens is 2. The monoisotopic (exact) mass is 461 g/mol. The summed E-state index contributed by atoms with van der Waals surface area (Å²) < 4.78 is 38.7. The molecule has 0 unspecified atom stereocenters. The zero-order chi connectivity index (χ0) is 23.8. The number of aromatic nitrogens is 2. The Balaban J connectivity index is 1.45. The smallest absolute Gasteiger partial charge is 0.333 e. The predicted molar refractivity (Wildman–Crippen MR) is 116 cm³/mol. The summed E-state index contributed by atoms with van der Waals surface area (Å²) in [5.74, 6) is -0.465. The molecule has 3 aromatic rings. The first-order chi connectivity index (χ1) is 15.6. The highest BCUT2D eigenvalue weighted by molar-refractivity contribution is 5.94. The lowest BCUT2D eigenvalue weighted by Gasteiger charge is -2.41. The first-order valence-electron chi connectivity index (χ1n) is 10.3. The van der Waals surface area contributed by atoms with Gasteiger partial charge in [-0.3, -0.25) is 14.5 Å². The number of rotatable bonds is 4. The molecule has 0 aliphatic carbocycles. The number of benzene rings is 2. The highest BCUT2D eigenvalue weighted by Gasteiger charge is 2.33. The maximum atomic E-state index is 12.9. The second kappa shape index (κ2) is 8.74. The number of carbonyl (C=O) groups is 2. The normalized spacial score (nSPS) is 17.3. The van der Waals surface area contributed by atoms with Crippen LogP contribution in [0.1, 0.15) is 24.1 Å². The number of hydrogen-bond acceptors (Lipinski definition) is 4. The summed E-state index contributed by atoms with van der Waals surface area (Å²) in [6.07, 6.45) is -4.44. The molecule has 4 rings (SSSR count). The van der Waals surface area contributed by atoms with E-state index in [1.807, 2.05) is 4.90 Å². The SMILES string of the molecule is CC(=O)N1CCN(CC(=O)Nc2ccc3[nH]c(=O)[nH]c3c2)C[C@@H]1c1ccc(C(F)(F)F)cc1. The Kier molecular flexibility index (Phi) is 5.98. The molecule has 0 bridgehead atoms. The summed E-state index contributed by atoms with van der Waals surface area (Å²) in [6.45, 7) is 2.58. The Hall–Kier alpha value is -3.60. The minimum atomic E-state index is -4.44. The van der Waals surface area contributed by atoms with Crippen LogP contribution in [0.15, 0.2) is 47.3 Å². The summed E-state index contributed by atoms with van der Waals surface area (Å²) in [4.78, 5) is 44.8. The van der Waals surface area contributed by atoms with Crippen molar-refractivity contribution in [1.82, 2.24) is 19.8 Å². The summed E-state index contributed by atoms with van der Waals surface area (Å²) in [6, 6.07) is 9.27. The minimum absolute atomic E-state index is 0.0462. The molecule has 33 heavy (non-hydrogen) atoms. The third-order valence-electron chi connectivity index (χ3n) is 5.66. The number of nitrogens with zero attached hydrogens (tertiary/aromatic N) is 2. The number of carbonyl (C=O) groups excluding carboxylic acids is 2. The van der Waals surface area contributed by atoms with Gasteiger partial charge in [0, 0.05) is 32.2 Å². The molecule has 0 saturated carbocycles. The zero-order valence-electron chi connectivity index (χ0n) is 17.7. The first kappa shape index (κ1) is 22.6. The van der Waals surface area contributed by atoms with Gasteiger partial charge in [0.1, 0.15) is 0 Å². The van der Waals surface area contributed by atoms with Gasteiger partial charge in [-0.1, -0.05) is 12.1 Å². The standard InChI is InChI=1S/C22H22F3N5O3/c1-13(31)30-9-8-29(11-19(30)14-2-4-15(5-3-14)22(23,24)25)12-20(32)26-16-6-7-17-18(10-16)28-21(33)27-17/h2-7,10,19H,8-9,11-12H2,1H3,(H,26,32)(H2,27,28,33)/t19-/m1/s1. The van der Waals surface area contributed by atoms with Crippen molar-refractivity contribution >= 4 is 28.5 Å². The van der Waals surface area contributed by atoms with E-state index in [4.69, 9.17) is 0 Å². The van der Waals surface area contributed by atoms with Crippen molar-refractivity contribution in [2.75, 3.05) is 31.5 Å². The summed E-state index contributed by atoms with van der Waals surface area (Å²) in [5, 5.41) is 2.78. The van der Waals surface area contributed by atoms with Gasteiger partial charge in [-0.05, 0) is 35.9 Å². The van der Waals surface area contributed by atoms with Crippen LogP contribution in [0.25, 0.3) is 11.0 Å². The second-order valence-corrected chi connectivity index (χ2v) is 7.97. The quantitative estimate of drug-likeness (QED) is 0.556. The molecule has 0 spiro atoms. The molecule has 3 N–H and O–H groups in total. The molecule has 1 aliphatic heterocycles. The fourth-order valence-electron chi connectivity index (χ4n) is 4.05. The Bertz CT molecular complexity index is 1230. The van der Waals surface area contributed by atoms with E-state index in [9.17, 15) is 27.6 Å². The van der Waals surface area contributed by atoms with Crippen molar-refractivity contribution in [1.29, 1.82) is 0 Å². The third kappa shape index (κ3) is 5.08. The van der Waals surface area contributed by atoms with Gasteiger partial charge < -0.3 is 20.2 Å². The molecule has 1 saturated heterocycles. The zero-order valence-corrected chi connectivity index (χ0v) is 17.7. The van der Waals surface area contributed by atoms with Gasteiger partial charge in [0.15, 0.2) is 0 Å². The molecule has 0 radical (unpaired) electrons. The Labute approximate surface area is 186 Å². The average Bonchev–Trinajstić information content (AvgIpc) is 3.12. The number of aromatic amines is 2. The van der Waals surface area contributed by atoms with E-state index in [-0.39, 0.29) is 24.0 Å². The highest BCUT2D eigenvalue weighted by atomic mass is 19.4. The fraction of sp³-hybridized carbons (Fsp3) is 0.318. The number of amides is 2. The molecule has 2 aromatic carbocycles. The second-order valence-electron chi connectivity index (χ2n) is 7.97. The number of nitrogens with one attached hydrogen (secondary N) is 3. The van der Waals surface area contributed by atoms with Crippen molar-refractivity contribution in [3.8, 4) is 0 Å². The number of anilines is 1. The molecule has 1 fully saturated rings. The van der Waals surface area contributed by atoms with Crippen LogP contribution in [0.2, 0.25) is 0 Å². The third-order valence-corrected chi connectivity index (χ3v) is 5.66. The molecule has 8 nitrogen and oxygen atoms in total. The van der Waals surface area contributed by atoms with Crippen LogP contribution < -0.4 is 11.0 Å². The molecule has 1 aliphatic rings.